The molecule has 0 rings (SSSR count). The summed E-state index contributed by atoms with van der Waals surface area (Å²) in [7, 11) is 6.22. The summed E-state index contributed by atoms with van der Waals surface area (Å²) < 4.78 is 8.85. The van der Waals surface area contributed by atoms with Crippen molar-refractivity contribution in [2.75, 3.05) is 20.3 Å². The predicted octanol–water partition coefficient (Wildman–Crippen LogP) is -0.172. The number of carbonyl (C=O) groups excluding carboxylic acids is 1. The lowest BCUT2D eigenvalue weighted by molar-refractivity contribution is -0.124. The lowest BCUT2D eigenvalue weighted by Crippen LogP contribution is -2.33. The number of unbranched alkanes of at least 4 members (excludes halogenated alkanes) is 1. The first-order valence-corrected chi connectivity index (χ1v) is 4.83. The topological polar surface area (TPSA) is 73.9 Å². The van der Waals surface area contributed by atoms with Crippen LogP contribution < -0.4 is 5.73 Å². The number of Topliss-reactive ketones (excluding diaryl/α,β-unsaturated/α-hetero) is 1. The zero-order chi connectivity index (χ0) is 11.5. The molecule has 2 N–H and O–H groups in total. The lowest BCUT2D eigenvalue weighted by atomic mass is 10.1. The number of methoxy groups -OCH3 is 1. The van der Waals surface area contributed by atoms with Crippen LogP contribution in [0.3, 0.4) is 0 Å². The number of nitrogens with two attached hydrogens (primary N) is 1. The Hall–Kier alpha value is -0.875. The molecule has 6 heteroatoms. The van der Waals surface area contributed by atoms with Gasteiger partial charge in [-0.1, -0.05) is 0 Å². The van der Waals surface area contributed by atoms with E-state index in [4.69, 9.17) is 18.5 Å². The van der Waals surface area contributed by atoms with Crippen LogP contribution in [-0.4, -0.2) is 46.5 Å². The fourth-order valence-corrected chi connectivity index (χ4v) is 1.07. The summed E-state index contributed by atoms with van der Waals surface area (Å²) in [4.78, 5) is 15.0. The summed E-state index contributed by atoms with van der Waals surface area (Å²) in [6, 6.07) is -0.431. The second kappa shape index (κ2) is 9.67. The van der Waals surface area contributed by atoms with Crippen molar-refractivity contribution in [3.63, 3.8) is 0 Å². The van der Waals surface area contributed by atoms with E-state index in [0.717, 1.165) is 12.8 Å². The monoisotopic (exact) mass is 212 g/mol. The van der Waals surface area contributed by atoms with E-state index < -0.39 is 6.04 Å². The second-order valence-electron chi connectivity index (χ2n) is 3.15. The van der Waals surface area contributed by atoms with E-state index in [1.54, 1.807) is 0 Å². The number of hydrogen-bond donors (Lipinski definition) is 1. The molecule has 2 radical (unpaired) electrons. The maximum absolute atomic E-state index is 11.2. The highest BCUT2D eigenvalue weighted by atomic mass is 16.5. The summed E-state index contributed by atoms with van der Waals surface area (Å²) in [5.41, 5.74) is 5.63. The van der Waals surface area contributed by atoms with Crippen LogP contribution in [0.25, 0.3) is 0 Å². The first-order valence-electron chi connectivity index (χ1n) is 4.83. The summed E-state index contributed by atoms with van der Waals surface area (Å²) >= 11 is 0. The van der Waals surface area contributed by atoms with Gasteiger partial charge in [-0.15, -0.1) is 0 Å². The Kier molecular flexibility index (Phi) is 9.11. The molecule has 0 saturated carbocycles. The van der Waals surface area contributed by atoms with Gasteiger partial charge in [-0.2, -0.15) is 0 Å². The van der Waals surface area contributed by atoms with Gasteiger partial charge in [0.2, 0.25) is 0 Å². The Morgan fingerprint density at radius 2 is 2.33 bits per heavy atom. The number of ether oxygens (including phenoxy) is 1. The molecule has 0 aromatic rings. The van der Waals surface area contributed by atoms with Gasteiger partial charge in [0.05, 0.1) is 6.04 Å². The molecule has 0 spiro atoms. The fraction of sp³-hybridized carbons (Fsp3) is 0.778. The molecular formula is C9H17BN2O3. The molecule has 0 aliphatic rings. The minimum Gasteiger partial charge on any atom is -0.560 e. The van der Waals surface area contributed by atoms with Gasteiger partial charge in [0.1, 0.15) is 13.0 Å². The number of rotatable bonds is 9. The maximum Gasteiger partial charge on any atom is 0.375 e. The number of aliphatic imine (C=N–C) groups is 1. The van der Waals surface area contributed by atoms with Crippen LogP contribution in [0, 0.1) is 0 Å². The number of ketones is 1. The van der Waals surface area contributed by atoms with Gasteiger partial charge < -0.3 is 15.1 Å². The Bertz CT molecular complexity index is 200. The molecule has 0 amide bonds. The molecule has 0 heterocycles. The van der Waals surface area contributed by atoms with E-state index in [2.05, 4.69) is 9.65 Å². The third kappa shape index (κ3) is 8.14. The Labute approximate surface area is 91.5 Å². The Morgan fingerprint density at radius 3 is 2.93 bits per heavy atom. The largest absolute Gasteiger partial charge is 0.560 e. The van der Waals surface area contributed by atoms with E-state index in [1.165, 1.54) is 13.5 Å². The summed E-state index contributed by atoms with van der Waals surface area (Å²) in [6.07, 6.45) is 3.55. The van der Waals surface area contributed by atoms with Gasteiger partial charge in [0.15, 0.2) is 5.78 Å². The SMILES string of the molecule is [B]OC=NCCCC[C@@H](N)C(=O)COC. The van der Waals surface area contributed by atoms with E-state index >= 15 is 0 Å². The van der Waals surface area contributed by atoms with Crippen molar-refractivity contribution in [1.29, 1.82) is 0 Å². The first kappa shape index (κ1) is 14.1. The summed E-state index contributed by atoms with van der Waals surface area (Å²) in [5, 5.41) is 0. The molecule has 84 valence electrons. The van der Waals surface area contributed by atoms with Gasteiger partial charge in [-0.05, 0) is 19.3 Å². The molecule has 5 nitrogen and oxygen atoms in total. The Morgan fingerprint density at radius 1 is 1.60 bits per heavy atom. The number of nitrogens with zero attached hydrogens (tertiary/aromatic N) is 1. The standard InChI is InChI=1S/C9H17BN2O3/c1-14-6-9(13)8(11)4-2-3-5-12-7-15-10/h7-8H,2-6,11H2,1H3/t8-/m1/s1. The van der Waals surface area contributed by atoms with Crippen molar-refractivity contribution < 1.29 is 14.2 Å². The molecule has 15 heavy (non-hydrogen) atoms. The molecule has 0 aromatic carbocycles. The van der Waals surface area contributed by atoms with E-state index in [1.807, 2.05) is 0 Å². The molecular weight excluding hydrogens is 195 g/mol. The maximum atomic E-state index is 11.2. The first-order chi connectivity index (χ1) is 7.22. The predicted molar refractivity (Wildman–Crippen MR) is 58.9 cm³/mol. The van der Waals surface area contributed by atoms with Gasteiger partial charge in [-0.3, -0.25) is 9.79 Å². The molecule has 0 aromatic heterocycles. The molecule has 0 fully saturated rings. The molecule has 0 aliphatic heterocycles. The van der Waals surface area contributed by atoms with Gasteiger partial charge in [0, 0.05) is 13.7 Å². The normalized spacial score (nSPS) is 12.9. The lowest BCUT2D eigenvalue weighted by Gasteiger charge is -2.08. The van der Waals surface area contributed by atoms with Gasteiger partial charge in [-0.25, -0.2) is 0 Å². The third-order valence-corrected chi connectivity index (χ3v) is 1.89. The van der Waals surface area contributed by atoms with Crippen LogP contribution in [0.4, 0.5) is 0 Å². The molecule has 0 aliphatic carbocycles. The Balaban J connectivity index is 3.42. The number of hydrogen-bond acceptors (Lipinski definition) is 5. The smallest absolute Gasteiger partial charge is 0.375 e. The van der Waals surface area contributed by atoms with Crippen molar-refractivity contribution in [2.45, 2.75) is 25.3 Å². The average molecular weight is 212 g/mol. The van der Waals surface area contributed by atoms with Crippen LogP contribution in [0.2, 0.25) is 0 Å². The zero-order valence-electron chi connectivity index (χ0n) is 9.02. The molecule has 0 unspecified atom stereocenters. The van der Waals surface area contributed by atoms with Gasteiger partial charge in [0.25, 0.3) is 0 Å². The van der Waals surface area contributed by atoms with Crippen molar-refractivity contribution in [2.24, 2.45) is 10.7 Å². The highest BCUT2D eigenvalue weighted by Crippen LogP contribution is 2.00. The quantitative estimate of drug-likeness (QED) is 0.249. The van der Waals surface area contributed by atoms with E-state index in [9.17, 15) is 4.79 Å². The summed E-state index contributed by atoms with van der Waals surface area (Å²) in [5.74, 6) is -0.0636. The fourth-order valence-electron chi connectivity index (χ4n) is 1.07. The highest BCUT2D eigenvalue weighted by Gasteiger charge is 2.11. The van der Waals surface area contributed by atoms with Crippen LogP contribution in [0.5, 0.6) is 0 Å². The zero-order valence-corrected chi connectivity index (χ0v) is 9.02. The second-order valence-corrected chi connectivity index (χ2v) is 3.15. The number of carbonyl (C=O) groups is 1. The van der Waals surface area contributed by atoms with Crippen LogP contribution >= 0.6 is 0 Å². The van der Waals surface area contributed by atoms with Crippen molar-refractivity contribution in [1.82, 2.24) is 0 Å². The molecule has 0 saturated heterocycles. The van der Waals surface area contributed by atoms with Crippen molar-refractivity contribution >= 4 is 20.2 Å². The van der Waals surface area contributed by atoms with Crippen molar-refractivity contribution in [3.8, 4) is 0 Å². The molecule has 1 atom stereocenters. The summed E-state index contributed by atoms with van der Waals surface area (Å²) in [6.45, 7) is 0.711. The van der Waals surface area contributed by atoms with E-state index in [-0.39, 0.29) is 12.4 Å². The van der Waals surface area contributed by atoms with Crippen molar-refractivity contribution in [3.05, 3.63) is 0 Å². The minimum absolute atomic E-state index is 0.0636. The van der Waals surface area contributed by atoms with E-state index in [0.29, 0.717) is 13.0 Å². The molecule has 0 bridgehead atoms. The third-order valence-electron chi connectivity index (χ3n) is 1.89. The van der Waals surface area contributed by atoms with Crippen LogP contribution in [-0.2, 0) is 14.2 Å². The van der Waals surface area contributed by atoms with Crippen LogP contribution in [0.1, 0.15) is 19.3 Å². The highest BCUT2D eigenvalue weighted by molar-refractivity contribution is 6.02. The van der Waals surface area contributed by atoms with Gasteiger partial charge >= 0.3 is 8.05 Å². The minimum atomic E-state index is -0.431. The van der Waals surface area contributed by atoms with Crippen LogP contribution in [0.15, 0.2) is 4.99 Å². The average Bonchev–Trinajstić information content (AvgIpc) is 2.23.